The molecule has 0 radical (unpaired) electrons. The summed E-state index contributed by atoms with van der Waals surface area (Å²) in [6.07, 6.45) is 0. The number of halogens is 2. The van der Waals surface area contributed by atoms with E-state index in [9.17, 15) is 33.8 Å². The van der Waals surface area contributed by atoms with Gasteiger partial charge in [-0.3, -0.25) is 20.2 Å². The third-order valence-corrected chi connectivity index (χ3v) is 3.56. The Morgan fingerprint density at radius 3 is 2.43 bits per heavy atom. The van der Waals surface area contributed by atoms with Crippen molar-refractivity contribution < 1.29 is 32.9 Å². The first kappa shape index (κ1) is 20.5. The van der Waals surface area contributed by atoms with Crippen molar-refractivity contribution >= 4 is 23.0 Å². The molecule has 0 saturated heterocycles. The Balaban J connectivity index is 2.49. The van der Waals surface area contributed by atoms with Crippen LogP contribution in [0.5, 0.6) is 5.75 Å². The first-order chi connectivity index (χ1) is 13.2. The molecule has 0 aliphatic carbocycles. The van der Waals surface area contributed by atoms with Gasteiger partial charge in [0, 0.05) is 18.2 Å². The number of nitro groups is 2. The van der Waals surface area contributed by atoms with Crippen molar-refractivity contribution in [3.8, 4) is 5.75 Å². The third kappa shape index (κ3) is 4.66. The molecule has 2 aromatic carbocycles. The first-order valence-corrected chi connectivity index (χ1v) is 7.56. The number of nitrogens with one attached hydrogen (secondary N) is 1. The number of para-hydroxylation sites is 1. The van der Waals surface area contributed by atoms with Crippen molar-refractivity contribution in [1.29, 1.82) is 0 Å². The second-order valence-corrected chi connectivity index (χ2v) is 5.23. The van der Waals surface area contributed by atoms with Crippen LogP contribution in [0.3, 0.4) is 0 Å². The van der Waals surface area contributed by atoms with Crippen molar-refractivity contribution in [3.05, 3.63) is 67.8 Å². The number of anilines is 1. The molecule has 0 aliphatic rings. The predicted molar refractivity (Wildman–Crippen MR) is 91.5 cm³/mol. The zero-order valence-electron chi connectivity index (χ0n) is 14.3. The lowest BCUT2D eigenvalue weighted by Gasteiger charge is -2.14. The molecular formula is C16H13F2N3O7. The molecule has 10 nitrogen and oxygen atoms in total. The van der Waals surface area contributed by atoms with Crippen molar-refractivity contribution in [1.82, 2.24) is 0 Å². The van der Waals surface area contributed by atoms with Crippen LogP contribution < -0.4 is 10.1 Å². The second-order valence-electron chi connectivity index (χ2n) is 5.23. The lowest BCUT2D eigenvalue weighted by Crippen LogP contribution is -2.12. The highest BCUT2D eigenvalue weighted by Gasteiger charge is 2.28. The Hall–Kier alpha value is -3.83. The summed E-state index contributed by atoms with van der Waals surface area (Å²) in [4.78, 5) is 32.5. The van der Waals surface area contributed by atoms with E-state index in [1.807, 2.05) is 0 Å². The number of nitro benzene ring substituents is 2. The Bertz CT molecular complexity index is 921. The van der Waals surface area contributed by atoms with Crippen molar-refractivity contribution in [3.63, 3.8) is 0 Å². The van der Waals surface area contributed by atoms with Gasteiger partial charge in [-0.1, -0.05) is 18.2 Å². The molecule has 1 N–H and O–H groups in total. The van der Waals surface area contributed by atoms with E-state index >= 15 is 0 Å². The number of alkyl halides is 2. The van der Waals surface area contributed by atoms with Crippen LogP contribution in [-0.4, -0.2) is 29.5 Å². The Labute approximate surface area is 156 Å². The number of carbonyl (C=O) groups is 1. The van der Waals surface area contributed by atoms with Crippen molar-refractivity contribution in [2.24, 2.45) is 0 Å². The maximum absolute atomic E-state index is 12.5. The molecule has 0 unspecified atom stereocenters. The molecule has 12 heteroatoms. The minimum absolute atomic E-state index is 0.172. The summed E-state index contributed by atoms with van der Waals surface area (Å²) in [6, 6.07) is 7.18. The Kier molecular flexibility index (Phi) is 6.37. The maximum Gasteiger partial charge on any atom is 0.387 e. The third-order valence-electron chi connectivity index (χ3n) is 3.56. The Morgan fingerprint density at radius 1 is 1.18 bits per heavy atom. The maximum atomic E-state index is 12.5. The van der Waals surface area contributed by atoms with E-state index in [-0.39, 0.29) is 23.5 Å². The van der Waals surface area contributed by atoms with Crippen LogP contribution >= 0.6 is 0 Å². The van der Waals surface area contributed by atoms with E-state index in [4.69, 9.17) is 0 Å². The van der Waals surface area contributed by atoms with Gasteiger partial charge >= 0.3 is 12.6 Å². The number of hydrogen-bond donors (Lipinski definition) is 1. The highest BCUT2D eigenvalue weighted by molar-refractivity contribution is 5.99. The van der Waals surface area contributed by atoms with Gasteiger partial charge < -0.3 is 14.8 Å². The van der Waals surface area contributed by atoms with Gasteiger partial charge in [-0.15, -0.1) is 0 Å². The summed E-state index contributed by atoms with van der Waals surface area (Å²) < 4.78 is 33.9. The highest BCUT2D eigenvalue weighted by atomic mass is 19.3. The van der Waals surface area contributed by atoms with Crippen LogP contribution in [0.25, 0.3) is 0 Å². The molecule has 2 rings (SSSR count). The molecule has 28 heavy (non-hydrogen) atoms. The summed E-state index contributed by atoms with van der Waals surface area (Å²) in [5.41, 5.74) is -2.02. The fraction of sp³-hybridized carbons (Fsp3) is 0.188. The van der Waals surface area contributed by atoms with Crippen LogP contribution in [0.1, 0.15) is 15.9 Å². The smallest absolute Gasteiger partial charge is 0.387 e. The molecule has 0 bridgehead atoms. The average Bonchev–Trinajstić information content (AvgIpc) is 2.65. The van der Waals surface area contributed by atoms with Gasteiger partial charge in [-0.2, -0.15) is 8.78 Å². The molecular weight excluding hydrogens is 384 g/mol. The standard InChI is InChI=1S/C16H13F2N3O7/c1-27-15(22)11-6-10(20(23)24)7-12(21(25)26)14(11)19-8-9-4-2-3-5-13(9)28-16(17)18/h2-7,16,19H,8H2,1H3. The topological polar surface area (TPSA) is 134 Å². The first-order valence-electron chi connectivity index (χ1n) is 7.56. The van der Waals surface area contributed by atoms with E-state index in [0.717, 1.165) is 13.2 Å². The van der Waals surface area contributed by atoms with E-state index in [2.05, 4.69) is 14.8 Å². The zero-order valence-corrected chi connectivity index (χ0v) is 14.3. The second kappa shape index (κ2) is 8.70. The van der Waals surface area contributed by atoms with Gasteiger partial charge in [-0.05, 0) is 6.07 Å². The quantitative estimate of drug-likeness (QED) is 0.406. The van der Waals surface area contributed by atoms with Gasteiger partial charge in [-0.25, -0.2) is 4.79 Å². The van der Waals surface area contributed by atoms with E-state index in [1.165, 1.54) is 24.3 Å². The summed E-state index contributed by atoms with van der Waals surface area (Å²) in [6.45, 7) is -3.33. The lowest BCUT2D eigenvalue weighted by molar-refractivity contribution is -0.393. The van der Waals surface area contributed by atoms with Crippen molar-refractivity contribution in [2.75, 3.05) is 12.4 Å². The van der Waals surface area contributed by atoms with Crippen LogP contribution in [0.2, 0.25) is 0 Å². The van der Waals surface area contributed by atoms with E-state index < -0.39 is 39.4 Å². The van der Waals surface area contributed by atoms with E-state index in [1.54, 1.807) is 0 Å². The molecule has 0 atom stereocenters. The highest BCUT2D eigenvalue weighted by Crippen LogP contribution is 2.34. The van der Waals surface area contributed by atoms with Crippen LogP contribution in [0.4, 0.5) is 25.8 Å². The molecule has 0 amide bonds. The van der Waals surface area contributed by atoms with Gasteiger partial charge in [0.25, 0.3) is 11.4 Å². The number of nitrogens with zero attached hydrogens (tertiary/aromatic N) is 2. The van der Waals surface area contributed by atoms with E-state index in [0.29, 0.717) is 6.07 Å². The van der Waals surface area contributed by atoms with Gasteiger partial charge in [0.2, 0.25) is 0 Å². The van der Waals surface area contributed by atoms with Gasteiger partial charge in [0.15, 0.2) is 0 Å². The zero-order chi connectivity index (χ0) is 20.8. The number of non-ortho nitro benzene ring substituents is 1. The fourth-order valence-corrected chi connectivity index (χ4v) is 2.36. The largest absolute Gasteiger partial charge is 0.465 e. The summed E-state index contributed by atoms with van der Waals surface area (Å²) in [5.74, 6) is -1.22. The number of methoxy groups -OCH3 is 1. The number of hydrogen-bond acceptors (Lipinski definition) is 8. The molecule has 0 spiro atoms. The molecule has 0 heterocycles. The number of benzene rings is 2. The van der Waals surface area contributed by atoms with Crippen LogP contribution in [0, 0.1) is 20.2 Å². The van der Waals surface area contributed by atoms with Gasteiger partial charge in [0.05, 0.1) is 28.6 Å². The number of carbonyl (C=O) groups excluding carboxylic acids is 1. The normalized spacial score (nSPS) is 10.4. The predicted octanol–water partition coefficient (Wildman–Crippen LogP) is 3.50. The molecule has 148 valence electrons. The van der Waals surface area contributed by atoms with Crippen LogP contribution in [0.15, 0.2) is 36.4 Å². The fourth-order valence-electron chi connectivity index (χ4n) is 2.36. The van der Waals surface area contributed by atoms with Crippen molar-refractivity contribution in [2.45, 2.75) is 13.2 Å². The monoisotopic (exact) mass is 397 g/mol. The molecule has 0 fully saturated rings. The number of ether oxygens (including phenoxy) is 2. The minimum atomic E-state index is -3.08. The number of esters is 1. The van der Waals surface area contributed by atoms with Crippen LogP contribution in [-0.2, 0) is 11.3 Å². The summed E-state index contributed by atoms with van der Waals surface area (Å²) >= 11 is 0. The molecule has 0 aliphatic heterocycles. The molecule has 0 aromatic heterocycles. The van der Waals surface area contributed by atoms with Gasteiger partial charge in [0.1, 0.15) is 11.4 Å². The SMILES string of the molecule is COC(=O)c1cc([N+](=O)[O-])cc([N+](=O)[O-])c1NCc1ccccc1OC(F)F. The lowest BCUT2D eigenvalue weighted by atomic mass is 10.1. The Morgan fingerprint density at radius 2 is 1.86 bits per heavy atom. The average molecular weight is 397 g/mol. The number of rotatable bonds is 8. The molecule has 0 saturated carbocycles. The minimum Gasteiger partial charge on any atom is -0.465 e. The summed E-state index contributed by atoms with van der Waals surface area (Å²) in [5, 5.41) is 24.9. The summed E-state index contributed by atoms with van der Waals surface area (Å²) in [7, 11) is 1.00. The molecule has 2 aromatic rings.